The van der Waals surface area contributed by atoms with Crippen molar-refractivity contribution in [2.45, 2.75) is 49.6 Å². The van der Waals surface area contributed by atoms with Gasteiger partial charge in [-0.2, -0.15) is 4.31 Å². The molecule has 1 aromatic carbocycles. The Hall–Kier alpha value is -0.910. The lowest BCUT2D eigenvalue weighted by Gasteiger charge is -2.21. The summed E-state index contributed by atoms with van der Waals surface area (Å²) in [4.78, 5) is 0.407. The third-order valence-corrected chi connectivity index (χ3v) is 7.67. The molecule has 126 valence electrons. The maximum atomic E-state index is 12.7. The second-order valence-electron chi connectivity index (χ2n) is 7.52. The van der Waals surface area contributed by atoms with Crippen LogP contribution in [0.5, 0.6) is 0 Å². The molecule has 0 spiro atoms. The molecule has 1 N–H and O–H groups in total. The molecule has 1 aromatic rings. The summed E-state index contributed by atoms with van der Waals surface area (Å²) < 4.78 is 27.0. The van der Waals surface area contributed by atoms with Gasteiger partial charge in [0.2, 0.25) is 10.0 Å². The standard InChI is InChI=1S/C18H26N2O2S/c1-13(17-11-18(17)14-7-8-14)19-15-9-10-20(12-15)23(21,22)16-5-3-2-4-6-16/h2-6,13-15,17-19H,7-12H2,1H3/t13?,15-,17-,18-/m0/s1. The van der Waals surface area contributed by atoms with Gasteiger partial charge in [0, 0.05) is 25.2 Å². The number of rotatable bonds is 6. The first-order chi connectivity index (χ1) is 11.1. The minimum atomic E-state index is -3.33. The SMILES string of the molecule is CC(N[C@H]1CCN(S(=O)(=O)c2ccccc2)C1)[C@@H]1C[C@H]1C1CC1. The number of hydrogen-bond acceptors (Lipinski definition) is 3. The van der Waals surface area contributed by atoms with Gasteiger partial charge in [-0.25, -0.2) is 8.42 Å². The van der Waals surface area contributed by atoms with Gasteiger partial charge < -0.3 is 5.32 Å². The summed E-state index contributed by atoms with van der Waals surface area (Å²) in [6.45, 7) is 3.50. The molecule has 5 heteroatoms. The molecule has 1 heterocycles. The van der Waals surface area contributed by atoms with E-state index in [2.05, 4.69) is 12.2 Å². The smallest absolute Gasteiger partial charge is 0.243 e. The molecule has 23 heavy (non-hydrogen) atoms. The fraction of sp³-hybridized carbons (Fsp3) is 0.667. The van der Waals surface area contributed by atoms with Gasteiger partial charge in [-0.05, 0) is 62.5 Å². The minimum absolute atomic E-state index is 0.295. The van der Waals surface area contributed by atoms with Crippen LogP contribution in [0, 0.1) is 17.8 Å². The Morgan fingerprint density at radius 1 is 1.17 bits per heavy atom. The van der Waals surface area contributed by atoms with E-state index in [0.717, 1.165) is 24.2 Å². The molecule has 4 atom stereocenters. The van der Waals surface area contributed by atoms with Crippen LogP contribution in [-0.2, 0) is 10.0 Å². The molecule has 0 amide bonds. The molecular formula is C18H26N2O2S. The molecule has 1 unspecified atom stereocenters. The monoisotopic (exact) mass is 334 g/mol. The van der Waals surface area contributed by atoms with E-state index in [-0.39, 0.29) is 0 Å². The molecule has 3 fully saturated rings. The molecule has 1 aliphatic heterocycles. The lowest BCUT2D eigenvalue weighted by molar-refractivity contribution is 0.393. The zero-order chi connectivity index (χ0) is 16.0. The fourth-order valence-corrected chi connectivity index (χ4v) is 5.72. The highest BCUT2D eigenvalue weighted by Gasteiger charge is 2.50. The summed E-state index contributed by atoms with van der Waals surface area (Å²) in [6.07, 6.45) is 5.15. The summed E-state index contributed by atoms with van der Waals surface area (Å²) in [7, 11) is -3.33. The van der Waals surface area contributed by atoms with E-state index in [1.165, 1.54) is 19.3 Å². The number of sulfonamides is 1. The largest absolute Gasteiger partial charge is 0.310 e. The molecule has 3 aliphatic rings. The van der Waals surface area contributed by atoms with E-state index in [1.54, 1.807) is 28.6 Å². The van der Waals surface area contributed by atoms with Crippen LogP contribution in [0.25, 0.3) is 0 Å². The minimum Gasteiger partial charge on any atom is -0.310 e. The molecule has 0 radical (unpaired) electrons. The van der Waals surface area contributed by atoms with Gasteiger partial charge in [-0.15, -0.1) is 0 Å². The number of nitrogens with zero attached hydrogens (tertiary/aromatic N) is 1. The zero-order valence-corrected chi connectivity index (χ0v) is 14.5. The van der Waals surface area contributed by atoms with Crippen molar-refractivity contribution in [3.8, 4) is 0 Å². The Bertz CT molecular complexity index is 657. The van der Waals surface area contributed by atoms with Crippen LogP contribution in [0.15, 0.2) is 35.2 Å². The van der Waals surface area contributed by atoms with Crippen molar-refractivity contribution < 1.29 is 8.42 Å². The van der Waals surface area contributed by atoms with Gasteiger partial charge in [0.15, 0.2) is 0 Å². The second-order valence-corrected chi connectivity index (χ2v) is 9.46. The number of hydrogen-bond donors (Lipinski definition) is 1. The fourth-order valence-electron chi connectivity index (χ4n) is 4.20. The van der Waals surface area contributed by atoms with Crippen LogP contribution in [0.3, 0.4) is 0 Å². The van der Waals surface area contributed by atoms with Crippen LogP contribution < -0.4 is 5.32 Å². The third-order valence-electron chi connectivity index (χ3n) is 5.79. The van der Waals surface area contributed by atoms with Crippen molar-refractivity contribution in [2.24, 2.45) is 17.8 Å². The van der Waals surface area contributed by atoms with Crippen LogP contribution in [0.4, 0.5) is 0 Å². The van der Waals surface area contributed by atoms with Crippen molar-refractivity contribution in [3.05, 3.63) is 30.3 Å². The summed E-state index contributed by atoms with van der Waals surface area (Å²) in [5.74, 6) is 2.77. The summed E-state index contributed by atoms with van der Waals surface area (Å²) in [6, 6.07) is 9.60. The molecule has 2 aliphatic carbocycles. The van der Waals surface area contributed by atoms with Gasteiger partial charge in [-0.1, -0.05) is 18.2 Å². The van der Waals surface area contributed by atoms with Crippen LogP contribution in [-0.4, -0.2) is 37.9 Å². The Kier molecular flexibility index (Phi) is 3.98. The first kappa shape index (κ1) is 15.6. The van der Waals surface area contributed by atoms with E-state index in [1.807, 2.05) is 6.07 Å². The summed E-state index contributed by atoms with van der Waals surface area (Å²) in [5, 5.41) is 3.70. The lowest BCUT2D eigenvalue weighted by Crippen LogP contribution is -2.41. The van der Waals surface area contributed by atoms with Gasteiger partial charge in [-0.3, -0.25) is 0 Å². The van der Waals surface area contributed by atoms with E-state index in [4.69, 9.17) is 0 Å². The second kappa shape index (κ2) is 5.87. The Morgan fingerprint density at radius 3 is 2.61 bits per heavy atom. The predicted molar refractivity (Wildman–Crippen MR) is 90.5 cm³/mol. The van der Waals surface area contributed by atoms with Crippen molar-refractivity contribution >= 4 is 10.0 Å². The average Bonchev–Trinajstić information content (AvgIpc) is 3.44. The van der Waals surface area contributed by atoms with E-state index < -0.39 is 10.0 Å². The first-order valence-corrected chi connectivity index (χ1v) is 10.3. The Balaban J connectivity index is 1.34. The Morgan fingerprint density at radius 2 is 1.91 bits per heavy atom. The highest BCUT2D eigenvalue weighted by atomic mass is 32.2. The van der Waals surface area contributed by atoms with E-state index in [9.17, 15) is 8.42 Å². The van der Waals surface area contributed by atoms with Gasteiger partial charge in [0.1, 0.15) is 0 Å². The Labute approximate surface area is 139 Å². The predicted octanol–water partition coefficient (Wildman–Crippen LogP) is 2.47. The van der Waals surface area contributed by atoms with E-state index >= 15 is 0 Å². The van der Waals surface area contributed by atoms with E-state index in [0.29, 0.717) is 30.1 Å². The van der Waals surface area contributed by atoms with Crippen LogP contribution in [0.2, 0.25) is 0 Å². The van der Waals surface area contributed by atoms with Crippen molar-refractivity contribution in [2.75, 3.05) is 13.1 Å². The number of nitrogens with one attached hydrogen (secondary N) is 1. The highest BCUT2D eigenvalue weighted by Crippen LogP contribution is 2.55. The molecule has 0 aromatic heterocycles. The quantitative estimate of drug-likeness (QED) is 0.869. The topological polar surface area (TPSA) is 49.4 Å². The van der Waals surface area contributed by atoms with Crippen molar-refractivity contribution in [1.29, 1.82) is 0 Å². The molecular weight excluding hydrogens is 308 g/mol. The molecule has 2 saturated carbocycles. The summed E-state index contributed by atoms with van der Waals surface area (Å²) >= 11 is 0. The number of benzene rings is 1. The molecule has 0 bridgehead atoms. The van der Waals surface area contributed by atoms with Gasteiger partial charge in [0.25, 0.3) is 0 Å². The van der Waals surface area contributed by atoms with Crippen LogP contribution in [0.1, 0.15) is 32.6 Å². The lowest BCUT2D eigenvalue weighted by atomic mass is 10.1. The normalized spacial score (nSPS) is 32.8. The maximum absolute atomic E-state index is 12.7. The molecule has 4 rings (SSSR count). The third kappa shape index (κ3) is 3.19. The average molecular weight is 334 g/mol. The van der Waals surface area contributed by atoms with Gasteiger partial charge >= 0.3 is 0 Å². The maximum Gasteiger partial charge on any atom is 0.243 e. The van der Waals surface area contributed by atoms with Crippen molar-refractivity contribution in [3.63, 3.8) is 0 Å². The summed E-state index contributed by atoms with van der Waals surface area (Å²) in [5.41, 5.74) is 0. The molecule has 4 nitrogen and oxygen atoms in total. The van der Waals surface area contributed by atoms with Gasteiger partial charge in [0.05, 0.1) is 4.90 Å². The first-order valence-electron chi connectivity index (χ1n) is 8.87. The van der Waals surface area contributed by atoms with Crippen LogP contribution >= 0.6 is 0 Å². The molecule has 1 saturated heterocycles. The highest BCUT2D eigenvalue weighted by molar-refractivity contribution is 7.89. The zero-order valence-electron chi connectivity index (χ0n) is 13.7. The van der Waals surface area contributed by atoms with Crippen molar-refractivity contribution in [1.82, 2.24) is 9.62 Å².